The monoisotopic (exact) mass is 484 g/mol. The number of aromatic nitrogens is 5. The Labute approximate surface area is 195 Å². The number of fused-ring (bicyclic) bond motifs is 1. The molecule has 31 heavy (non-hydrogen) atoms. The first-order valence-electron chi connectivity index (χ1n) is 9.63. The first kappa shape index (κ1) is 23.5. The molecule has 1 unspecified atom stereocenters. The van der Waals surface area contributed by atoms with Crippen molar-refractivity contribution in [1.82, 2.24) is 24.6 Å². The lowest BCUT2D eigenvalue weighted by Gasteiger charge is -2.32. The predicted octanol–water partition coefficient (Wildman–Crippen LogP) is 5.17. The summed E-state index contributed by atoms with van der Waals surface area (Å²) in [7, 11) is 0. The fourth-order valence-electron chi connectivity index (χ4n) is 2.76. The number of nitrogens with zero attached hydrogens (tertiary/aromatic N) is 5. The van der Waals surface area contributed by atoms with Crippen LogP contribution in [-0.4, -0.2) is 43.2 Å². The SMILES string of the molecule is CC(C)C(=O)OCC(Nc1c(-c2ncc(Cl)cc2Cl)c(Cl)nc2ncnn12)C(C)(C)C. The number of anilines is 1. The third-order valence-electron chi connectivity index (χ3n) is 4.65. The highest BCUT2D eigenvalue weighted by Crippen LogP contribution is 2.38. The van der Waals surface area contributed by atoms with E-state index in [2.05, 4.69) is 25.4 Å². The highest BCUT2D eigenvalue weighted by Gasteiger charge is 2.30. The average molecular weight is 486 g/mol. The second kappa shape index (κ2) is 9.14. The van der Waals surface area contributed by atoms with Gasteiger partial charge in [0.1, 0.15) is 23.9 Å². The Kier molecular flexibility index (Phi) is 6.93. The molecule has 0 aliphatic heterocycles. The van der Waals surface area contributed by atoms with Crippen LogP contribution in [0.4, 0.5) is 5.82 Å². The topological polar surface area (TPSA) is 94.3 Å². The van der Waals surface area contributed by atoms with Gasteiger partial charge >= 0.3 is 5.97 Å². The fourth-order valence-corrected chi connectivity index (χ4v) is 3.49. The van der Waals surface area contributed by atoms with Crippen molar-refractivity contribution >= 4 is 52.4 Å². The molecule has 0 bridgehead atoms. The highest BCUT2D eigenvalue weighted by atomic mass is 35.5. The van der Waals surface area contributed by atoms with Crippen molar-refractivity contribution < 1.29 is 9.53 Å². The number of hydrogen-bond acceptors (Lipinski definition) is 7. The largest absolute Gasteiger partial charge is 0.463 e. The predicted molar refractivity (Wildman–Crippen MR) is 122 cm³/mol. The molecule has 0 spiro atoms. The van der Waals surface area contributed by atoms with E-state index in [0.717, 1.165) is 0 Å². The van der Waals surface area contributed by atoms with Gasteiger partial charge in [-0.25, -0.2) is 0 Å². The van der Waals surface area contributed by atoms with Gasteiger partial charge in [0, 0.05) is 6.20 Å². The summed E-state index contributed by atoms with van der Waals surface area (Å²) in [4.78, 5) is 24.9. The molecule has 0 fully saturated rings. The zero-order chi connectivity index (χ0) is 22.9. The number of hydrogen-bond donors (Lipinski definition) is 1. The van der Waals surface area contributed by atoms with E-state index in [4.69, 9.17) is 39.5 Å². The van der Waals surface area contributed by atoms with Crippen molar-refractivity contribution in [2.24, 2.45) is 11.3 Å². The molecule has 3 aromatic heterocycles. The van der Waals surface area contributed by atoms with Crippen molar-refractivity contribution in [3.63, 3.8) is 0 Å². The van der Waals surface area contributed by atoms with Crippen LogP contribution >= 0.6 is 34.8 Å². The smallest absolute Gasteiger partial charge is 0.308 e. The van der Waals surface area contributed by atoms with Crippen molar-refractivity contribution in [3.05, 3.63) is 33.8 Å². The van der Waals surface area contributed by atoms with Gasteiger partial charge in [-0.3, -0.25) is 9.78 Å². The quantitative estimate of drug-likeness (QED) is 0.380. The van der Waals surface area contributed by atoms with Gasteiger partial charge < -0.3 is 10.1 Å². The molecule has 8 nitrogen and oxygen atoms in total. The maximum atomic E-state index is 12.1. The number of rotatable bonds is 6. The van der Waals surface area contributed by atoms with E-state index in [0.29, 0.717) is 32.9 Å². The van der Waals surface area contributed by atoms with E-state index in [1.807, 2.05) is 20.8 Å². The molecule has 0 aliphatic carbocycles. The normalized spacial score (nSPS) is 12.9. The van der Waals surface area contributed by atoms with E-state index < -0.39 is 0 Å². The molecule has 0 amide bonds. The third kappa shape index (κ3) is 5.19. The van der Waals surface area contributed by atoms with Crippen molar-refractivity contribution in [1.29, 1.82) is 0 Å². The van der Waals surface area contributed by atoms with Crippen LogP contribution in [0.1, 0.15) is 34.6 Å². The summed E-state index contributed by atoms with van der Waals surface area (Å²) >= 11 is 19.0. The van der Waals surface area contributed by atoms with Gasteiger partial charge in [0.2, 0.25) is 0 Å². The van der Waals surface area contributed by atoms with Crippen LogP contribution in [0.3, 0.4) is 0 Å². The summed E-state index contributed by atoms with van der Waals surface area (Å²) in [5.41, 5.74) is 0.523. The molecular weight excluding hydrogens is 463 g/mol. The molecule has 166 valence electrons. The van der Waals surface area contributed by atoms with E-state index in [1.165, 1.54) is 17.0 Å². The molecule has 3 aromatic rings. The molecular formula is C20H23Cl3N6O2. The molecule has 11 heteroatoms. The van der Waals surface area contributed by atoms with Crippen LogP contribution in [0.5, 0.6) is 0 Å². The van der Waals surface area contributed by atoms with Gasteiger partial charge in [-0.15, -0.1) is 0 Å². The molecule has 0 radical (unpaired) electrons. The Morgan fingerprint density at radius 1 is 1.23 bits per heavy atom. The standard InChI is InChI=1S/C20H23Cl3N6O2/c1-10(2)18(30)31-8-13(20(3,4)5)27-17-14(15-12(22)6-11(21)7-24-15)16(23)28-19-25-9-26-29(17)19/h6-7,9-10,13,27H,8H2,1-5H3. The number of nitrogens with one attached hydrogen (secondary N) is 1. The molecule has 0 saturated carbocycles. The lowest BCUT2D eigenvalue weighted by Crippen LogP contribution is -2.40. The Morgan fingerprint density at radius 2 is 1.94 bits per heavy atom. The Morgan fingerprint density at radius 3 is 2.55 bits per heavy atom. The summed E-state index contributed by atoms with van der Waals surface area (Å²) in [6.07, 6.45) is 2.84. The van der Waals surface area contributed by atoms with Gasteiger partial charge in [0.25, 0.3) is 5.78 Å². The fraction of sp³-hybridized carbons (Fsp3) is 0.450. The number of pyridine rings is 1. The van der Waals surface area contributed by atoms with E-state index in [1.54, 1.807) is 19.9 Å². The Balaban J connectivity index is 2.12. The summed E-state index contributed by atoms with van der Waals surface area (Å²) < 4.78 is 7.03. The summed E-state index contributed by atoms with van der Waals surface area (Å²) in [6, 6.07) is 1.27. The molecule has 1 N–H and O–H groups in total. The minimum atomic E-state index is -0.300. The zero-order valence-corrected chi connectivity index (χ0v) is 20.0. The molecule has 0 saturated heterocycles. The van der Waals surface area contributed by atoms with Crippen molar-refractivity contribution in [2.45, 2.75) is 40.7 Å². The molecule has 0 aliphatic rings. The second-order valence-electron chi connectivity index (χ2n) is 8.43. The minimum absolute atomic E-state index is 0.137. The maximum Gasteiger partial charge on any atom is 0.308 e. The summed E-state index contributed by atoms with van der Waals surface area (Å²) in [5.74, 6) is 0.265. The number of esters is 1. The molecule has 3 rings (SSSR count). The van der Waals surface area contributed by atoms with Crippen LogP contribution in [0, 0.1) is 11.3 Å². The molecule has 0 aromatic carbocycles. The first-order chi connectivity index (χ1) is 14.5. The summed E-state index contributed by atoms with van der Waals surface area (Å²) in [5, 5.41) is 8.53. The molecule has 3 heterocycles. The van der Waals surface area contributed by atoms with Gasteiger partial charge in [-0.1, -0.05) is 69.4 Å². The third-order valence-corrected chi connectivity index (χ3v) is 5.42. The van der Waals surface area contributed by atoms with Crippen molar-refractivity contribution in [2.75, 3.05) is 11.9 Å². The Hall–Kier alpha value is -2.16. The van der Waals surface area contributed by atoms with Crippen LogP contribution in [0.25, 0.3) is 17.0 Å². The average Bonchev–Trinajstić information content (AvgIpc) is 3.12. The van der Waals surface area contributed by atoms with Gasteiger partial charge in [0.05, 0.1) is 33.3 Å². The number of halogens is 3. The van der Waals surface area contributed by atoms with Crippen LogP contribution in [0.2, 0.25) is 15.2 Å². The Bertz CT molecular complexity index is 1110. The second-order valence-corrected chi connectivity index (χ2v) is 9.63. The van der Waals surface area contributed by atoms with E-state index in [9.17, 15) is 4.79 Å². The van der Waals surface area contributed by atoms with E-state index in [-0.39, 0.29) is 35.1 Å². The van der Waals surface area contributed by atoms with Gasteiger partial charge in [-0.05, 0) is 11.5 Å². The van der Waals surface area contributed by atoms with Crippen LogP contribution in [0.15, 0.2) is 18.6 Å². The lowest BCUT2D eigenvalue weighted by molar-refractivity contribution is -0.148. The highest BCUT2D eigenvalue weighted by molar-refractivity contribution is 6.37. The van der Waals surface area contributed by atoms with Crippen molar-refractivity contribution in [3.8, 4) is 11.3 Å². The van der Waals surface area contributed by atoms with Gasteiger partial charge in [-0.2, -0.15) is 19.6 Å². The van der Waals surface area contributed by atoms with Crippen LogP contribution in [-0.2, 0) is 9.53 Å². The summed E-state index contributed by atoms with van der Waals surface area (Å²) in [6.45, 7) is 9.80. The maximum absolute atomic E-state index is 12.1. The van der Waals surface area contributed by atoms with Gasteiger partial charge in [0.15, 0.2) is 0 Å². The number of carbonyl (C=O) groups excluding carboxylic acids is 1. The number of carbonyl (C=O) groups is 1. The molecule has 1 atom stereocenters. The number of ether oxygens (including phenoxy) is 1. The van der Waals surface area contributed by atoms with Crippen LogP contribution < -0.4 is 5.32 Å². The lowest BCUT2D eigenvalue weighted by atomic mass is 9.87. The zero-order valence-electron chi connectivity index (χ0n) is 17.8. The minimum Gasteiger partial charge on any atom is -0.463 e. The first-order valence-corrected chi connectivity index (χ1v) is 10.8. The van der Waals surface area contributed by atoms with E-state index >= 15 is 0 Å².